The summed E-state index contributed by atoms with van der Waals surface area (Å²) in [6.45, 7) is 1.52. The molecule has 0 unspecified atom stereocenters. The molecule has 0 amide bonds. The van der Waals surface area contributed by atoms with Gasteiger partial charge in [0.1, 0.15) is 0 Å². The Labute approximate surface area is 105 Å². The standard InChI is InChI=1S/C8H20N6.HNO3/c9-7(10)13-5-3-1-2-4-6-14-8(11)12;2-1(3)4/h1-6H2,(H4,9,10,13)(H4,11,12,14);(H,2,3,4). The predicted molar refractivity (Wildman–Crippen MR) is 67.1 cm³/mol. The molecule has 10 nitrogen and oxygen atoms in total. The van der Waals surface area contributed by atoms with Gasteiger partial charge in [-0.15, -0.1) is 10.1 Å². The summed E-state index contributed by atoms with van der Waals surface area (Å²) in [5.41, 5.74) is 10.2. The van der Waals surface area contributed by atoms with E-state index in [-0.39, 0.29) is 11.9 Å². The molecule has 106 valence electrons. The van der Waals surface area contributed by atoms with Gasteiger partial charge >= 0.3 is 0 Å². The molecule has 18 heavy (non-hydrogen) atoms. The molecule has 0 bridgehead atoms. The maximum absolute atomic E-state index is 8.36. The van der Waals surface area contributed by atoms with Crippen LogP contribution >= 0.6 is 0 Å². The van der Waals surface area contributed by atoms with Gasteiger partial charge in [-0.1, -0.05) is 12.8 Å². The average Bonchev–Trinajstić information content (AvgIpc) is 2.20. The third-order valence-corrected chi connectivity index (χ3v) is 1.73. The molecule has 0 fully saturated rings. The normalized spacial score (nSPS) is 8.67. The van der Waals surface area contributed by atoms with Crippen molar-refractivity contribution >= 4 is 11.9 Å². The Kier molecular flexibility index (Phi) is 12.9. The Morgan fingerprint density at radius 1 is 1.06 bits per heavy atom. The fraction of sp³-hybridized carbons (Fsp3) is 0.750. The third-order valence-electron chi connectivity index (χ3n) is 1.73. The van der Waals surface area contributed by atoms with Gasteiger partial charge < -0.3 is 27.3 Å². The van der Waals surface area contributed by atoms with Crippen LogP contribution in [0.15, 0.2) is 0 Å². The van der Waals surface area contributed by atoms with Crippen LogP contribution in [0.4, 0.5) is 0 Å². The first kappa shape index (κ1) is 18.1. The quantitative estimate of drug-likeness (QED) is 0.102. The van der Waals surface area contributed by atoms with E-state index in [2.05, 4.69) is 10.6 Å². The highest BCUT2D eigenvalue weighted by Gasteiger charge is 1.91. The second kappa shape index (κ2) is 12.8. The van der Waals surface area contributed by atoms with Gasteiger partial charge in [0.15, 0.2) is 11.9 Å². The van der Waals surface area contributed by atoms with Crippen molar-refractivity contribution in [1.82, 2.24) is 10.6 Å². The SMILES string of the molecule is N=C(N)NCCCCCCNC(=N)N.O=[N+]([O-])O. The van der Waals surface area contributed by atoms with Gasteiger partial charge in [0.2, 0.25) is 0 Å². The Balaban J connectivity index is 0. The fourth-order valence-corrected chi connectivity index (χ4v) is 1.05. The van der Waals surface area contributed by atoms with Crippen molar-refractivity contribution in [3.8, 4) is 0 Å². The maximum atomic E-state index is 8.36. The molecule has 0 radical (unpaired) electrons. The number of rotatable bonds is 7. The van der Waals surface area contributed by atoms with Gasteiger partial charge in [-0.2, -0.15) is 0 Å². The summed E-state index contributed by atoms with van der Waals surface area (Å²) in [4.78, 5) is 8.36. The smallest absolute Gasteiger partial charge is 0.291 e. The summed E-state index contributed by atoms with van der Waals surface area (Å²) >= 11 is 0. The Hall–Kier alpha value is -2.26. The molecule has 0 aromatic rings. The van der Waals surface area contributed by atoms with Gasteiger partial charge in [0.25, 0.3) is 5.09 Å². The van der Waals surface area contributed by atoms with Gasteiger partial charge in [-0.3, -0.25) is 10.8 Å². The van der Waals surface area contributed by atoms with E-state index in [4.69, 9.17) is 37.6 Å². The van der Waals surface area contributed by atoms with Crippen LogP contribution in [-0.2, 0) is 0 Å². The predicted octanol–water partition coefficient (Wildman–Crippen LogP) is -0.835. The molecule has 0 saturated heterocycles. The first-order chi connectivity index (χ1) is 8.36. The molecular weight excluding hydrogens is 242 g/mol. The Morgan fingerprint density at radius 3 is 1.56 bits per heavy atom. The minimum absolute atomic E-state index is 0.0308. The van der Waals surface area contributed by atoms with Crippen LogP contribution < -0.4 is 22.1 Å². The first-order valence-electron chi connectivity index (χ1n) is 5.35. The number of guanidine groups is 2. The molecule has 0 spiro atoms. The Bertz CT molecular complexity index is 235. The molecule has 9 N–H and O–H groups in total. The molecule has 0 aromatic heterocycles. The second-order valence-electron chi connectivity index (χ2n) is 3.33. The number of nitrogens with two attached hydrogens (primary N) is 2. The van der Waals surface area contributed by atoms with Gasteiger partial charge in [-0.05, 0) is 12.8 Å². The molecule has 0 aromatic carbocycles. The number of nitrogens with zero attached hydrogens (tertiary/aromatic N) is 1. The van der Waals surface area contributed by atoms with E-state index in [9.17, 15) is 0 Å². The van der Waals surface area contributed by atoms with Gasteiger partial charge in [-0.25, -0.2) is 0 Å². The van der Waals surface area contributed by atoms with E-state index in [1.807, 2.05) is 0 Å². The lowest BCUT2D eigenvalue weighted by Crippen LogP contribution is -2.31. The summed E-state index contributed by atoms with van der Waals surface area (Å²) in [5, 5.41) is 32.9. The minimum Gasteiger partial charge on any atom is -0.370 e. The van der Waals surface area contributed by atoms with E-state index in [0.717, 1.165) is 38.8 Å². The molecule has 10 heteroatoms. The third kappa shape index (κ3) is 29.2. The highest BCUT2D eigenvalue weighted by Crippen LogP contribution is 1.97. The van der Waals surface area contributed by atoms with Crippen molar-refractivity contribution < 1.29 is 10.3 Å². The van der Waals surface area contributed by atoms with Crippen LogP contribution in [-0.4, -0.2) is 35.3 Å². The van der Waals surface area contributed by atoms with Crippen LogP contribution in [0.25, 0.3) is 0 Å². The van der Waals surface area contributed by atoms with Crippen molar-refractivity contribution in [2.45, 2.75) is 25.7 Å². The highest BCUT2D eigenvalue weighted by atomic mass is 16.9. The molecule has 0 saturated carbocycles. The second-order valence-corrected chi connectivity index (χ2v) is 3.33. The number of hydrogen-bond donors (Lipinski definition) is 7. The van der Waals surface area contributed by atoms with Crippen LogP contribution in [0.5, 0.6) is 0 Å². The molecular formula is C8H21N7O3. The highest BCUT2D eigenvalue weighted by molar-refractivity contribution is 5.74. The summed E-state index contributed by atoms with van der Waals surface area (Å²) in [7, 11) is 0. The summed E-state index contributed by atoms with van der Waals surface area (Å²) in [6.07, 6.45) is 4.22. The first-order valence-corrected chi connectivity index (χ1v) is 5.35. The maximum Gasteiger partial charge on any atom is 0.291 e. The topological polar surface area (TPSA) is 187 Å². The fourth-order valence-electron chi connectivity index (χ4n) is 1.05. The lowest BCUT2D eigenvalue weighted by molar-refractivity contribution is -0.742. The summed E-state index contributed by atoms with van der Waals surface area (Å²) in [6, 6.07) is 0. The van der Waals surface area contributed by atoms with Crippen molar-refractivity contribution in [2.75, 3.05) is 13.1 Å². The molecule has 0 aliphatic carbocycles. The van der Waals surface area contributed by atoms with Crippen LogP contribution in [0.2, 0.25) is 0 Å². The van der Waals surface area contributed by atoms with Crippen molar-refractivity contribution in [1.29, 1.82) is 10.8 Å². The lowest BCUT2D eigenvalue weighted by Gasteiger charge is -2.04. The van der Waals surface area contributed by atoms with Crippen LogP contribution in [0.3, 0.4) is 0 Å². The van der Waals surface area contributed by atoms with Crippen LogP contribution in [0, 0.1) is 20.9 Å². The van der Waals surface area contributed by atoms with E-state index < -0.39 is 5.09 Å². The number of unbranched alkanes of at least 4 members (excludes halogenated alkanes) is 3. The van der Waals surface area contributed by atoms with Gasteiger partial charge in [0.05, 0.1) is 0 Å². The zero-order valence-corrected chi connectivity index (χ0v) is 10.1. The van der Waals surface area contributed by atoms with Gasteiger partial charge in [0, 0.05) is 13.1 Å². The average molecular weight is 263 g/mol. The van der Waals surface area contributed by atoms with E-state index >= 15 is 0 Å². The number of nitrogens with one attached hydrogen (secondary N) is 4. The molecule has 0 rings (SSSR count). The molecule has 0 aliphatic rings. The Morgan fingerprint density at radius 2 is 1.33 bits per heavy atom. The van der Waals surface area contributed by atoms with E-state index in [0.29, 0.717) is 0 Å². The zero-order chi connectivity index (χ0) is 14.4. The van der Waals surface area contributed by atoms with Crippen molar-refractivity contribution in [2.24, 2.45) is 11.5 Å². The molecule has 0 aliphatic heterocycles. The van der Waals surface area contributed by atoms with E-state index in [1.54, 1.807) is 0 Å². The van der Waals surface area contributed by atoms with Crippen molar-refractivity contribution in [3.05, 3.63) is 10.1 Å². The summed E-state index contributed by atoms with van der Waals surface area (Å²) in [5.74, 6) is 0.0616. The van der Waals surface area contributed by atoms with Crippen LogP contribution in [0.1, 0.15) is 25.7 Å². The summed E-state index contributed by atoms with van der Waals surface area (Å²) < 4.78 is 0. The zero-order valence-electron chi connectivity index (χ0n) is 10.1. The number of hydrogen-bond acceptors (Lipinski definition) is 4. The largest absolute Gasteiger partial charge is 0.370 e. The molecule has 0 atom stereocenters. The monoisotopic (exact) mass is 263 g/mol. The lowest BCUT2D eigenvalue weighted by atomic mass is 10.2. The molecule has 0 heterocycles. The van der Waals surface area contributed by atoms with Crippen molar-refractivity contribution in [3.63, 3.8) is 0 Å². The minimum atomic E-state index is -1.50. The van der Waals surface area contributed by atoms with E-state index in [1.165, 1.54) is 0 Å².